The quantitative estimate of drug-likeness (QED) is 0.437. The van der Waals surface area contributed by atoms with Crippen LogP contribution >= 0.6 is 0 Å². The molecule has 0 fully saturated rings. The molecule has 0 rings (SSSR count). The van der Waals surface area contributed by atoms with Crippen LogP contribution in [0.25, 0.3) is 0 Å². The van der Waals surface area contributed by atoms with Crippen molar-refractivity contribution in [2.45, 2.75) is 39.7 Å². The van der Waals surface area contributed by atoms with E-state index in [4.69, 9.17) is 4.74 Å². The molecule has 0 spiro atoms. The van der Waals surface area contributed by atoms with Crippen LogP contribution in [0.5, 0.6) is 0 Å². The molecular weight excluding hydrogens is 252 g/mol. The van der Waals surface area contributed by atoms with Gasteiger partial charge in [-0.25, -0.2) is 0 Å². The molecular formula is C8H14AgO3. The van der Waals surface area contributed by atoms with Crippen LogP contribution < -0.4 is 0 Å². The minimum absolute atomic E-state index is 0. The maximum Gasteiger partial charge on any atom is 0.313 e. The Balaban J connectivity index is 0. The van der Waals surface area contributed by atoms with Crippen LogP contribution in [0.1, 0.15) is 33.6 Å². The molecule has 0 saturated carbocycles. The monoisotopic (exact) mass is 265 g/mol. The first-order chi connectivity index (χ1) is 5.06. The van der Waals surface area contributed by atoms with Gasteiger partial charge in [-0.05, 0) is 20.3 Å². The summed E-state index contributed by atoms with van der Waals surface area (Å²) in [6, 6.07) is 0. The molecule has 4 heteroatoms. The van der Waals surface area contributed by atoms with E-state index in [2.05, 4.69) is 0 Å². The molecule has 1 unspecified atom stereocenters. The van der Waals surface area contributed by atoms with E-state index in [0.717, 1.165) is 6.42 Å². The third-order valence-corrected chi connectivity index (χ3v) is 1.30. The molecule has 3 nitrogen and oxygen atoms in total. The largest absolute Gasteiger partial charge is 0.462 e. The zero-order valence-corrected chi connectivity index (χ0v) is 9.00. The second kappa shape index (κ2) is 7.53. The van der Waals surface area contributed by atoms with E-state index in [0.29, 0.717) is 0 Å². The number of Topliss-reactive ketones (excluding diaryl/α,β-unsaturated/α-hetero) is 1. The van der Waals surface area contributed by atoms with Crippen LogP contribution in [0.15, 0.2) is 0 Å². The summed E-state index contributed by atoms with van der Waals surface area (Å²) < 4.78 is 4.85. The molecule has 0 bridgehead atoms. The Morgan fingerprint density at radius 3 is 2.25 bits per heavy atom. The Morgan fingerprint density at radius 2 is 1.92 bits per heavy atom. The average molecular weight is 266 g/mol. The molecule has 1 radical (unpaired) electrons. The topological polar surface area (TPSA) is 43.4 Å². The summed E-state index contributed by atoms with van der Waals surface area (Å²) in [6.45, 7) is 5.10. The molecule has 1 atom stereocenters. The van der Waals surface area contributed by atoms with Crippen LogP contribution in [0.3, 0.4) is 0 Å². The number of ketones is 1. The molecule has 0 aromatic heterocycles. The van der Waals surface area contributed by atoms with Crippen molar-refractivity contribution in [1.29, 1.82) is 0 Å². The third kappa shape index (κ3) is 7.98. The van der Waals surface area contributed by atoms with Crippen molar-refractivity contribution in [2.24, 2.45) is 0 Å². The van der Waals surface area contributed by atoms with Crippen molar-refractivity contribution in [3.05, 3.63) is 0 Å². The van der Waals surface area contributed by atoms with Crippen molar-refractivity contribution in [3.63, 3.8) is 0 Å². The number of ether oxygens (including phenoxy) is 1. The van der Waals surface area contributed by atoms with Gasteiger partial charge in [0.2, 0.25) is 0 Å². The van der Waals surface area contributed by atoms with E-state index in [1.165, 1.54) is 6.92 Å². The second-order valence-electron chi connectivity index (χ2n) is 2.59. The van der Waals surface area contributed by atoms with Crippen molar-refractivity contribution >= 4 is 11.8 Å². The summed E-state index contributed by atoms with van der Waals surface area (Å²) in [6.07, 6.45) is 0.593. The SMILES string of the molecule is CCC(C)OC(=O)CC(C)=O.[Ag]. The first kappa shape index (κ1) is 14.4. The van der Waals surface area contributed by atoms with Crippen LogP contribution in [0.2, 0.25) is 0 Å². The van der Waals surface area contributed by atoms with E-state index in [-0.39, 0.29) is 40.7 Å². The zero-order chi connectivity index (χ0) is 8.85. The molecule has 0 aromatic rings. The fourth-order valence-corrected chi connectivity index (χ4v) is 0.553. The van der Waals surface area contributed by atoms with Gasteiger partial charge in [0.1, 0.15) is 12.2 Å². The van der Waals surface area contributed by atoms with E-state index in [9.17, 15) is 9.59 Å². The minimum atomic E-state index is -0.424. The molecule has 0 amide bonds. The standard InChI is InChI=1S/C8H14O3.Ag/c1-4-7(3)11-8(10)5-6(2)9;/h7H,4-5H2,1-3H3;. The third-order valence-electron chi connectivity index (χ3n) is 1.30. The number of hydrogen-bond donors (Lipinski definition) is 0. The van der Waals surface area contributed by atoms with Crippen molar-refractivity contribution < 1.29 is 36.7 Å². The molecule has 12 heavy (non-hydrogen) atoms. The Labute approximate surface area is 88.4 Å². The Bertz CT molecular complexity index is 156. The van der Waals surface area contributed by atoms with Crippen LogP contribution in [-0.2, 0) is 36.7 Å². The van der Waals surface area contributed by atoms with Gasteiger partial charge in [0.25, 0.3) is 0 Å². The second-order valence-corrected chi connectivity index (χ2v) is 2.59. The summed E-state index contributed by atoms with van der Waals surface area (Å²) in [4.78, 5) is 21.2. The Morgan fingerprint density at radius 1 is 1.42 bits per heavy atom. The van der Waals surface area contributed by atoms with Gasteiger partial charge in [0.05, 0.1) is 6.10 Å². The van der Waals surface area contributed by atoms with E-state index in [1.54, 1.807) is 6.92 Å². The fraction of sp³-hybridized carbons (Fsp3) is 0.750. The van der Waals surface area contributed by atoms with Crippen LogP contribution in [-0.4, -0.2) is 17.9 Å². The molecule has 0 aliphatic carbocycles. The van der Waals surface area contributed by atoms with Gasteiger partial charge >= 0.3 is 5.97 Å². The predicted octanol–water partition coefficient (Wildman–Crippen LogP) is 1.30. The molecule has 0 aliphatic rings. The summed E-state index contributed by atoms with van der Waals surface area (Å²) in [5.74, 6) is -0.579. The van der Waals surface area contributed by atoms with Crippen molar-refractivity contribution in [3.8, 4) is 0 Å². The first-order valence-corrected chi connectivity index (χ1v) is 3.75. The van der Waals surface area contributed by atoms with Gasteiger partial charge in [-0.3, -0.25) is 9.59 Å². The normalized spacial score (nSPS) is 11.2. The van der Waals surface area contributed by atoms with Gasteiger partial charge in [-0.1, -0.05) is 6.92 Å². The smallest absolute Gasteiger partial charge is 0.313 e. The molecule has 0 N–H and O–H groups in total. The van der Waals surface area contributed by atoms with Crippen LogP contribution in [0, 0.1) is 0 Å². The number of esters is 1. The predicted molar refractivity (Wildman–Crippen MR) is 41.1 cm³/mol. The number of hydrogen-bond acceptors (Lipinski definition) is 3. The van der Waals surface area contributed by atoms with Gasteiger partial charge < -0.3 is 4.74 Å². The fourth-order valence-electron chi connectivity index (χ4n) is 0.553. The molecule has 0 saturated heterocycles. The maximum atomic E-state index is 10.8. The average Bonchev–Trinajstić information content (AvgIpc) is 1.85. The van der Waals surface area contributed by atoms with E-state index >= 15 is 0 Å². The summed E-state index contributed by atoms with van der Waals surface area (Å²) in [5.41, 5.74) is 0. The summed E-state index contributed by atoms with van der Waals surface area (Å²) >= 11 is 0. The number of carbonyl (C=O) groups is 2. The van der Waals surface area contributed by atoms with Gasteiger partial charge in [0.15, 0.2) is 0 Å². The maximum absolute atomic E-state index is 10.8. The summed E-state index contributed by atoms with van der Waals surface area (Å²) in [7, 11) is 0. The Hall–Kier alpha value is -0.120. The van der Waals surface area contributed by atoms with Gasteiger partial charge in [-0.2, -0.15) is 0 Å². The summed E-state index contributed by atoms with van der Waals surface area (Å²) in [5, 5.41) is 0. The number of carbonyl (C=O) groups excluding carboxylic acids is 2. The van der Waals surface area contributed by atoms with Gasteiger partial charge in [0, 0.05) is 22.4 Å². The van der Waals surface area contributed by atoms with Crippen molar-refractivity contribution in [1.82, 2.24) is 0 Å². The molecule has 75 valence electrons. The van der Waals surface area contributed by atoms with Crippen LogP contribution in [0.4, 0.5) is 0 Å². The first-order valence-electron chi connectivity index (χ1n) is 3.75. The van der Waals surface area contributed by atoms with Crippen molar-refractivity contribution in [2.75, 3.05) is 0 Å². The molecule has 0 aliphatic heterocycles. The number of rotatable bonds is 4. The zero-order valence-electron chi connectivity index (χ0n) is 7.52. The molecule has 0 aromatic carbocycles. The Kier molecular flexibility index (Phi) is 9.03. The van der Waals surface area contributed by atoms with E-state index in [1.807, 2.05) is 6.92 Å². The minimum Gasteiger partial charge on any atom is -0.462 e. The molecule has 0 heterocycles. The van der Waals surface area contributed by atoms with E-state index < -0.39 is 5.97 Å². The van der Waals surface area contributed by atoms with Gasteiger partial charge in [-0.15, -0.1) is 0 Å².